The first-order valence-electron chi connectivity index (χ1n) is 6.77. The Hall–Kier alpha value is -0.120. The van der Waals surface area contributed by atoms with Gasteiger partial charge in [0.05, 0.1) is 0 Å². The Bertz CT molecular complexity index is 182. The monoisotopic (exact) mass is 227 g/mol. The van der Waals surface area contributed by atoms with Gasteiger partial charge in [0, 0.05) is 25.2 Å². The predicted molar refractivity (Wildman–Crippen MR) is 70.6 cm³/mol. The Morgan fingerprint density at radius 3 is 2.44 bits per heavy atom. The van der Waals surface area contributed by atoms with E-state index in [1.54, 1.807) is 0 Å². The first kappa shape index (κ1) is 13.9. The summed E-state index contributed by atoms with van der Waals surface area (Å²) >= 11 is 0. The third-order valence-electron chi connectivity index (χ3n) is 3.55. The summed E-state index contributed by atoms with van der Waals surface area (Å²) in [5, 5.41) is 0. The fourth-order valence-electron chi connectivity index (χ4n) is 2.63. The van der Waals surface area contributed by atoms with Crippen LogP contribution in [0.4, 0.5) is 0 Å². The van der Waals surface area contributed by atoms with Crippen molar-refractivity contribution in [1.82, 2.24) is 9.80 Å². The molecule has 0 aromatic rings. The standard InChI is InChI=1S/C13H29N3/c1-4-8-16(10-9-15(2)3)13-7-5-6-12(14)11-13/h12-13H,4-11,14H2,1-3H3. The van der Waals surface area contributed by atoms with E-state index in [1.165, 1.54) is 45.2 Å². The zero-order valence-corrected chi connectivity index (χ0v) is 11.3. The van der Waals surface area contributed by atoms with Crippen LogP contribution in [-0.4, -0.2) is 55.6 Å². The lowest BCUT2D eigenvalue weighted by molar-refractivity contribution is 0.136. The minimum Gasteiger partial charge on any atom is -0.328 e. The topological polar surface area (TPSA) is 32.5 Å². The maximum absolute atomic E-state index is 6.08. The van der Waals surface area contributed by atoms with Crippen LogP contribution in [0.25, 0.3) is 0 Å². The molecule has 1 saturated carbocycles. The molecular weight excluding hydrogens is 198 g/mol. The van der Waals surface area contributed by atoms with Crippen LogP contribution >= 0.6 is 0 Å². The van der Waals surface area contributed by atoms with E-state index in [9.17, 15) is 0 Å². The Kier molecular flexibility index (Phi) is 6.32. The van der Waals surface area contributed by atoms with Crippen LogP contribution in [0.1, 0.15) is 39.0 Å². The molecule has 16 heavy (non-hydrogen) atoms. The van der Waals surface area contributed by atoms with Crippen LogP contribution in [0, 0.1) is 0 Å². The fraction of sp³-hybridized carbons (Fsp3) is 1.00. The lowest BCUT2D eigenvalue weighted by Crippen LogP contribution is -2.45. The second kappa shape index (κ2) is 7.25. The van der Waals surface area contributed by atoms with E-state index in [0.717, 1.165) is 12.6 Å². The molecule has 1 fully saturated rings. The lowest BCUT2D eigenvalue weighted by Gasteiger charge is -2.37. The summed E-state index contributed by atoms with van der Waals surface area (Å²) in [4.78, 5) is 4.92. The van der Waals surface area contributed by atoms with E-state index in [-0.39, 0.29) is 0 Å². The molecule has 0 bridgehead atoms. The fourth-order valence-corrected chi connectivity index (χ4v) is 2.63. The number of likely N-dealkylation sites (N-methyl/N-ethyl adjacent to an activating group) is 1. The minimum absolute atomic E-state index is 0.442. The second-order valence-corrected chi connectivity index (χ2v) is 5.42. The van der Waals surface area contributed by atoms with E-state index >= 15 is 0 Å². The summed E-state index contributed by atoms with van der Waals surface area (Å²) in [5.74, 6) is 0. The van der Waals surface area contributed by atoms with E-state index < -0.39 is 0 Å². The number of hydrogen-bond acceptors (Lipinski definition) is 3. The molecule has 0 heterocycles. The van der Waals surface area contributed by atoms with Gasteiger partial charge in [-0.15, -0.1) is 0 Å². The molecule has 0 saturated heterocycles. The molecule has 1 aliphatic carbocycles. The van der Waals surface area contributed by atoms with E-state index in [2.05, 4.69) is 30.8 Å². The van der Waals surface area contributed by atoms with Crippen LogP contribution < -0.4 is 5.73 Å². The molecule has 3 heteroatoms. The van der Waals surface area contributed by atoms with Crippen molar-refractivity contribution in [1.29, 1.82) is 0 Å². The molecule has 2 N–H and O–H groups in total. The van der Waals surface area contributed by atoms with Gasteiger partial charge in [-0.05, 0) is 46.3 Å². The van der Waals surface area contributed by atoms with Crippen molar-refractivity contribution < 1.29 is 0 Å². The Labute approximate surface area is 101 Å². The Balaban J connectivity index is 2.40. The van der Waals surface area contributed by atoms with Crippen molar-refractivity contribution in [3.8, 4) is 0 Å². The van der Waals surface area contributed by atoms with Gasteiger partial charge in [0.25, 0.3) is 0 Å². The van der Waals surface area contributed by atoms with Gasteiger partial charge in [0.15, 0.2) is 0 Å². The van der Waals surface area contributed by atoms with Gasteiger partial charge in [-0.2, -0.15) is 0 Å². The van der Waals surface area contributed by atoms with Crippen molar-refractivity contribution in [3.63, 3.8) is 0 Å². The predicted octanol–water partition coefficient (Wildman–Crippen LogP) is 1.53. The summed E-state index contributed by atoms with van der Waals surface area (Å²) in [6.07, 6.45) is 6.34. The van der Waals surface area contributed by atoms with Gasteiger partial charge in [-0.1, -0.05) is 13.3 Å². The van der Waals surface area contributed by atoms with Crippen molar-refractivity contribution in [3.05, 3.63) is 0 Å². The molecule has 3 nitrogen and oxygen atoms in total. The first-order chi connectivity index (χ1) is 7.63. The molecule has 1 rings (SSSR count). The smallest absolute Gasteiger partial charge is 0.0112 e. The zero-order valence-electron chi connectivity index (χ0n) is 11.3. The van der Waals surface area contributed by atoms with E-state index in [4.69, 9.17) is 5.73 Å². The van der Waals surface area contributed by atoms with Crippen molar-refractivity contribution in [2.45, 2.75) is 51.1 Å². The van der Waals surface area contributed by atoms with E-state index in [0.29, 0.717) is 6.04 Å². The molecule has 1 aliphatic rings. The summed E-state index contributed by atoms with van der Waals surface area (Å²) in [6, 6.07) is 1.18. The number of rotatable bonds is 6. The van der Waals surface area contributed by atoms with Gasteiger partial charge >= 0.3 is 0 Å². The SMILES string of the molecule is CCCN(CCN(C)C)C1CCCC(N)C1. The molecule has 0 radical (unpaired) electrons. The lowest BCUT2D eigenvalue weighted by atomic mass is 9.90. The van der Waals surface area contributed by atoms with Crippen LogP contribution in [0.2, 0.25) is 0 Å². The van der Waals surface area contributed by atoms with Crippen molar-refractivity contribution >= 4 is 0 Å². The number of nitrogens with two attached hydrogens (primary N) is 1. The van der Waals surface area contributed by atoms with Gasteiger partial charge in [0.2, 0.25) is 0 Å². The van der Waals surface area contributed by atoms with Crippen molar-refractivity contribution in [2.24, 2.45) is 5.73 Å². The molecule has 0 aromatic heterocycles. The summed E-state index contributed by atoms with van der Waals surface area (Å²) < 4.78 is 0. The largest absolute Gasteiger partial charge is 0.328 e. The Morgan fingerprint density at radius 1 is 1.12 bits per heavy atom. The number of hydrogen-bond donors (Lipinski definition) is 1. The highest BCUT2D eigenvalue weighted by Gasteiger charge is 2.24. The molecule has 2 unspecified atom stereocenters. The normalized spacial score (nSPS) is 26.6. The summed E-state index contributed by atoms with van der Waals surface area (Å²) in [6.45, 7) is 5.85. The average molecular weight is 227 g/mol. The van der Waals surface area contributed by atoms with Gasteiger partial charge < -0.3 is 10.6 Å². The maximum Gasteiger partial charge on any atom is 0.0112 e. The highest BCUT2D eigenvalue weighted by atomic mass is 15.2. The van der Waals surface area contributed by atoms with Gasteiger partial charge in [0.1, 0.15) is 0 Å². The van der Waals surface area contributed by atoms with Crippen molar-refractivity contribution in [2.75, 3.05) is 33.7 Å². The molecule has 0 aromatic carbocycles. The summed E-state index contributed by atoms with van der Waals surface area (Å²) in [5.41, 5.74) is 6.08. The highest BCUT2D eigenvalue weighted by Crippen LogP contribution is 2.22. The van der Waals surface area contributed by atoms with Crippen LogP contribution in [0.3, 0.4) is 0 Å². The van der Waals surface area contributed by atoms with Crippen LogP contribution in [0.15, 0.2) is 0 Å². The van der Waals surface area contributed by atoms with Crippen LogP contribution in [-0.2, 0) is 0 Å². The molecule has 0 amide bonds. The second-order valence-electron chi connectivity index (χ2n) is 5.42. The number of nitrogens with zero attached hydrogens (tertiary/aromatic N) is 2. The quantitative estimate of drug-likeness (QED) is 0.747. The van der Waals surface area contributed by atoms with Gasteiger partial charge in [-0.25, -0.2) is 0 Å². The minimum atomic E-state index is 0.442. The summed E-state index contributed by atoms with van der Waals surface area (Å²) in [7, 11) is 4.30. The molecule has 96 valence electrons. The van der Waals surface area contributed by atoms with E-state index in [1.807, 2.05) is 0 Å². The third-order valence-corrected chi connectivity index (χ3v) is 3.55. The van der Waals surface area contributed by atoms with Gasteiger partial charge in [-0.3, -0.25) is 4.90 Å². The van der Waals surface area contributed by atoms with Crippen LogP contribution in [0.5, 0.6) is 0 Å². The first-order valence-corrected chi connectivity index (χ1v) is 6.77. The third kappa shape index (κ3) is 4.81. The average Bonchev–Trinajstić information content (AvgIpc) is 2.24. The Morgan fingerprint density at radius 2 is 1.88 bits per heavy atom. The molecule has 0 spiro atoms. The highest BCUT2D eigenvalue weighted by molar-refractivity contribution is 4.82. The zero-order chi connectivity index (χ0) is 12.0. The molecule has 2 atom stereocenters. The molecule has 0 aliphatic heterocycles. The molecular formula is C13H29N3. The maximum atomic E-state index is 6.08.